The second kappa shape index (κ2) is 5.67. The van der Waals surface area contributed by atoms with Gasteiger partial charge in [0.15, 0.2) is 0 Å². The zero-order valence-corrected chi connectivity index (χ0v) is 19.1. The Kier molecular flexibility index (Phi) is 4.96. The molecule has 0 aromatic heterocycles. The van der Waals surface area contributed by atoms with Crippen LogP contribution >= 0.6 is 0 Å². The van der Waals surface area contributed by atoms with Gasteiger partial charge in [0.2, 0.25) is 0 Å². The zero-order valence-electron chi connectivity index (χ0n) is 14.0. The van der Waals surface area contributed by atoms with Crippen molar-refractivity contribution >= 4 is 37.5 Å². The molecule has 0 N–H and O–H groups in total. The second-order valence-electron chi connectivity index (χ2n) is 7.50. The van der Waals surface area contributed by atoms with E-state index in [0.29, 0.717) is 0 Å². The van der Waals surface area contributed by atoms with Crippen molar-refractivity contribution in [2.45, 2.75) is 50.8 Å². The van der Waals surface area contributed by atoms with Crippen LogP contribution in [0, 0.1) is 42.8 Å². The first-order valence-electron chi connectivity index (χ1n) is 7.00. The van der Waals surface area contributed by atoms with E-state index in [2.05, 4.69) is 93.6 Å². The summed E-state index contributed by atoms with van der Waals surface area (Å²) in [5, 5.41) is 0. The summed E-state index contributed by atoms with van der Waals surface area (Å²) in [7, 11) is -5.24. The van der Waals surface area contributed by atoms with E-state index in [1.54, 1.807) is 0 Å². The Morgan fingerprint density at radius 3 is 1.05 bits per heavy atom. The summed E-state index contributed by atoms with van der Waals surface area (Å²) in [6.45, 7) is 13.4. The Morgan fingerprint density at radius 2 is 0.750 bits per heavy atom. The van der Waals surface area contributed by atoms with Crippen molar-refractivity contribution in [2.75, 3.05) is 0 Å². The van der Waals surface area contributed by atoms with E-state index in [1.165, 1.54) is 0 Å². The molecule has 1 aliphatic heterocycles. The topological polar surface area (TPSA) is 0 Å². The molecule has 0 spiro atoms. The van der Waals surface area contributed by atoms with Gasteiger partial charge in [-0.2, -0.15) is 0 Å². The molecule has 0 aliphatic carbocycles. The molecular weight excluding hydrogens is 349 g/mol. The molecule has 0 nitrogen and oxygen atoms in total. The summed E-state index contributed by atoms with van der Waals surface area (Å²) in [5.41, 5.74) is 21.0. The molecule has 104 valence electrons. The van der Waals surface area contributed by atoms with Gasteiger partial charge in [-0.05, 0) is 0 Å². The molecule has 0 radical (unpaired) electrons. The Bertz CT molecular complexity index is 493. The first kappa shape index (κ1) is 17.5. The van der Waals surface area contributed by atoms with Crippen molar-refractivity contribution in [2.24, 2.45) is 0 Å². The minimum absolute atomic E-state index is 1.74. The molecule has 20 heavy (non-hydrogen) atoms. The maximum atomic E-state index is 3.54. The molecular formula is C16H24GeSi3. The SMILES string of the molecule is C[Si]1(C)C#C[Si](C)(C)C#[C][Ge]([CH3])([CH3])[C]#C[Si](C)(C)C#C1. The van der Waals surface area contributed by atoms with Crippen molar-refractivity contribution in [3.8, 4) is 42.8 Å². The van der Waals surface area contributed by atoms with E-state index in [0.717, 1.165) is 0 Å². The molecule has 0 saturated carbocycles. The molecule has 0 bridgehead atoms. The van der Waals surface area contributed by atoms with E-state index in [4.69, 9.17) is 0 Å². The van der Waals surface area contributed by atoms with Crippen LogP contribution in [0.2, 0.25) is 50.8 Å². The molecule has 0 aromatic rings. The first-order chi connectivity index (χ1) is 8.83. The molecule has 0 aromatic carbocycles. The number of hydrogen-bond acceptors (Lipinski definition) is 0. The van der Waals surface area contributed by atoms with E-state index < -0.39 is 37.5 Å². The maximum absolute atomic E-state index is 3.54. The van der Waals surface area contributed by atoms with Crippen LogP contribution in [0.25, 0.3) is 0 Å². The fourth-order valence-corrected chi connectivity index (χ4v) is 15.8. The van der Waals surface area contributed by atoms with Gasteiger partial charge in [-0.15, -0.1) is 0 Å². The van der Waals surface area contributed by atoms with Crippen LogP contribution in [0.3, 0.4) is 0 Å². The Balaban J connectivity index is 3.46. The number of rotatable bonds is 0. The van der Waals surface area contributed by atoms with Crippen molar-refractivity contribution in [3.05, 3.63) is 0 Å². The van der Waals surface area contributed by atoms with Gasteiger partial charge in [-0.3, -0.25) is 0 Å². The summed E-state index contributed by atoms with van der Waals surface area (Å²) in [6, 6.07) is 0. The van der Waals surface area contributed by atoms with Gasteiger partial charge < -0.3 is 0 Å². The van der Waals surface area contributed by atoms with Crippen molar-refractivity contribution in [1.29, 1.82) is 0 Å². The average Bonchev–Trinajstić information content (AvgIpc) is 2.30. The van der Waals surface area contributed by atoms with Gasteiger partial charge >= 0.3 is 131 Å². The minimum atomic E-state index is -2.28. The summed E-state index contributed by atoms with van der Waals surface area (Å²) in [4.78, 5) is 0. The summed E-state index contributed by atoms with van der Waals surface area (Å²) in [6.07, 6.45) is 0. The van der Waals surface area contributed by atoms with Crippen LogP contribution < -0.4 is 0 Å². The predicted octanol–water partition coefficient (Wildman–Crippen LogP) is 3.16. The van der Waals surface area contributed by atoms with E-state index >= 15 is 0 Å². The Hall–Kier alpha value is -0.566. The van der Waals surface area contributed by atoms with Crippen molar-refractivity contribution < 1.29 is 0 Å². The fourth-order valence-electron chi connectivity index (χ4n) is 1.38. The van der Waals surface area contributed by atoms with Crippen LogP contribution in [-0.4, -0.2) is 37.5 Å². The molecule has 0 amide bonds. The summed E-state index contributed by atoms with van der Waals surface area (Å²) in [5.74, 6) is 4.56. The average molecular weight is 373 g/mol. The van der Waals surface area contributed by atoms with Gasteiger partial charge in [-0.25, -0.2) is 0 Å². The van der Waals surface area contributed by atoms with E-state index in [-0.39, 0.29) is 0 Å². The first-order valence-corrected chi connectivity index (χ1v) is 22.3. The fraction of sp³-hybridized carbons (Fsp3) is 0.500. The van der Waals surface area contributed by atoms with Crippen LogP contribution in [0.4, 0.5) is 0 Å². The van der Waals surface area contributed by atoms with Gasteiger partial charge in [0.25, 0.3) is 0 Å². The molecule has 0 saturated heterocycles. The third-order valence-corrected chi connectivity index (χ3v) is 11.9. The second-order valence-corrected chi connectivity index (χ2v) is 26.6. The summed E-state index contributed by atoms with van der Waals surface area (Å²) < 4.78 is 7.09. The Labute approximate surface area is 130 Å². The zero-order chi connectivity index (χ0) is 15.7. The summed E-state index contributed by atoms with van der Waals surface area (Å²) >= 11 is -2.28. The normalized spacial score (nSPS) is 23.6. The van der Waals surface area contributed by atoms with Gasteiger partial charge in [-0.1, -0.05) is 0 Å². The monoisotopic (exact) mass is 374 g/mol. The molecule has 0 unspecified atom stereocenters. The quantitative estimate of drug-likeness (QED) is 0.452. The van der Waals surface area contributed by atoms with Gasteiger partial charge in [0, 0.05) is 0 Å². The third-order valence-electron chi connectivity index (χ3n) is 2.75. The van der Waals surface area contributed by atoms with Crippen molar-refractivity contribution in [3.63, 3.8) is 0 Å². The van der Waals surface area contributed by atoms with Crippen molar-refractivity contribution in [1.82, 2.24) is 0 Å². The van der Waals surface area contributed by atoms with Crippen LogP contribution in [-0.2, 0) is 0 Å². The molecule has 1 rings (SSSR count). The molecule has 0 atom stereocenters. The number of hydrogen-bond donors (Lipinski definition) is 0. The van der Waals surface area contributed by atoms with Gasteiger partial charge in [0.1, 0.15) is 0 Å². The predicted molar refractivity (Wildman–Crippen MR) is 101 cm³/mol. The van der Waals surface area contributed by atoms with Gasteiger partial charge in [0.05, 0.1) is 0 Å². The third kappa shape index (κ3) is 6.26. The molecule has 4 heteroatoms. The van der Waals surface area contributed by atoms with Crippen LogP contribution in [0.1, 0.15) is 0 Å². The van der Waals surface area contributed by atoms with E-state index in [1.807, 2.05) is 0 Å². The molecule has 0 fully saturated rings. The molecule has 1 heterocycles. The van der Waals surface area contributed by atoms with Crippen LogP contribution in [0.5, 0.6) is 0 Å². The van der Waals surface area contributed by atoms with Crippen LogP contribution in [0.15, 0.2) is 0 Å². The standard InChI is InChI=1S/C16H24GeSi3/c1-17(2)9-11-18(3,4)13-15-20(7,8)16-14-19(5,6)12-10-17/h1-8H3. The van der Waals surface area contributed by atoms with E-state index in [9.17, 15) is 0 Å². The Morgan fingerprint density at radius 1 is 0.500 bits per heavy atom. The molecule has 1 aliphatic rings.